The Labute approximate surface area is 126 Å². The molecule has 6 heteroatoms. The molecular formula is C15H15N5S. The molecule has 0 aromatic carbocycles. The van der Waals surface area contributed by atoms with E-state index in [4.69, 9.17) is 5.10 Å². The van der Waals surface area contributed by atoms with E-state index < -0.39 is 0 Å². The Bertz CT molecular complexity index is 761. The molecule has 4 rings (SSSR count). The van der Waals surface area contributed by atoms with E-state index in [9.17, 15) is 0 Å². The van der Waals surface area contributed by atoms with Gasteiger partial charge in [0.25, 0.3) is 0 Å². The predicted octanol–water partition coefficient (Wildman–Crippen LogP) is 3.12. The van der Waals surface area contributed by atoms with Crippen LogP contribution in [0.4, 0.5) is 5.95 Å². The van der Waals surface area contributed by atoms with Crippen molar-refractivity contribution in [3.63, 3.8) is 0 Å². The minimum Gasteiger partial charge on any atom is -0.354 e. The average Bonchev–Trinajstić information content (AvgIpc) is 3.14. The van der Waals surface area contributed by atoms with Crippen LogP contribution in [0.5, 0.6) is 0 Å². The van der Waals surface area contributed by atoms with Gasteiger partial charge in [0.1, 0.15) is 0 Å². The van der Waals surface area contributed by atoms with Gasteiger partial charge in [0.05, 0.1) is 6.04 Å². The number of hydrogen-bond acceptors (Lipinski definition) is 5. The molecule has 0 aliphatic carbocycles. The number of hydrogen-bond donors (Lipinski definition) is 1. The number of rotatable bonds is 2. The molecular weight excluding hydrogens is 282 g/mol. The summed E-state index contributed by atoms with van der Waals surface area (Å²) in [5.74, 6) is 1.57. The smallest absolute Gasteiger partial charge is 0.222 e. The van der Waals surface area contributed by atoms with E-state index in [-0.39, 0.29) is 6.04 Å². The molecule has 21 heavy (non-hydrogen) atoms. The van der Waals surface area contributed by atoms with Gasteiger partial charge in [0.2, 0.25) is 5.95 Å². The van der Waals surface area contributed by atoms with Crippen LogP contribution in [-0.4, -0.2) is 26.3 Å². The predicted molar refractivity (Wildman–Crippen MR) is 83.6 cm³/mol. The van der Waals surface area contributed by atoms with Gasteiger partial charge in [-0.2, -0.15) is 4.98 Å². The zero-order valence-electron chi connectivity index (χ0n) is 11.7. The van der Waals surface area contributed by atoms with Crippen molar-refractivity contribution in [2.75, 3.05) is 11.9 Å². The molecule has 0 saturated carbocycles. The average molecular weight is 297 g/mol. The topological polar surface area (TPSA) is 55.6 Å². The van der Waals surface area contributed by atoms with Crippen molar-refractivity contribution < 1.29 is 0 Å². The Kier molecular flexibility index (Phi) is 2.96. The second-order valence-corrected chi connectivity index (χ2v) is 6.09. The number of nitrogens with zero attached hydrogens (tertiary/aromatic N) is 4. The molecule has 0 spiro atoms. The van der Waals surface area contributed by atoms with Crippen LogP contribution < -0.4 is 5.32 Å². The van der Waals surface area contributed by atoms with Gasteiger partial charge in [-0.1, -0.05) is 0 Å². The van der Waals surface area contributed by atoms with Gasteiger partial charge in [-0.25, -0.2) is 4.68 Å². The first-order chi connectivity index (χ1) is 10.3. The maximum absolute atomic E-state index is 4.71. The van der Waals surface area contributed by atoms with E-state index in [1.807, 2.05) is 16.8 Å². The molecule has 0 fully saturated rings. The summed E-state index contributed by atoms with van der Waals surface area (Å²) in [6.45, 7) is 3.08. The van der Waals surface area contributed by atoms with Gasteiger partial charge >= 0.3 is 0 Å². The minimum absolute atomic E-state index is 0.277. The molecule has 1 aliphatic rings. The summed E-state index contributed by atoms with van der Waals surface area (Å²) in [5, 5.41) is 10.2. The fourth-order valence-electron chi connectivity index (χ4n) is 2.69. The Hall–Kier alpha value is -2.21. The molecule has 106 valence electrons. The van der Waals surface area contributed by atoms with E-state index in [0.717, 1.165) is 30.3 Å². The maximum atomic E-state index is 4.71. The molecule has 0 bridgehead atoms. The Morgan fingerprint density at radius 3 is 3.10 bits per heavy atom. The minimum atomic E-state index is 0.277. The van der Waals surface area contributed by atoms with Crippen LogP contribution in [0, 0.1) is 6.92 Å². The Balaban J connectivity index is 1.79. The highest BCUT2D eigenvalue weighted by Crippen LogP contribution is 2.34. The lowest BCUT2D eigenvalue weighted by Crippen LogP contribution is -2.24. The molecule has 3 aromatic heterocycles. The van der Waals surface area contributed by atoms with Crippen LogP contribution in [-0.2, 0) is 0 Å². The van der Waals surface area contributed by atoms with Crippen LogP contribution in [0.3, 0.4) is 0 Å². The number of anilines is 1. The standard InChI is InChI=1S/C15H15N5S/c1-10-5-8-21-13(10)12-4-7-17-15-18-14(19-20(12)15)11-3-2-6-16-9-11/h2-3,5-6,8-9,12H,4,7H2,1H3,(H,17,18,19). The highest BCUT2D eigenvalue weighted by atomic mass is 32.1. The number of thiophene rings is 1. The fraction of sp³-hybridized carbons (Fsp3) is 0.267. The lowest BCUT2D eigenvalue weighted by Gasteiger charge is -2.24. The van der Waals surface area contributed by atoms with Crippen molar-refractivity contribution in [3.05, 3.63) is 46.4 Å². The first-order valence-corrected chi connectivity index (χ1v) is 7.86. The van der Waals surface area contributed by atoms with Crippen LogP contribution in [0.25, 0.3) is 11.4 Å². The van der Waals surface area contributed by atoms with Crippen molar-refractivity contribution in [1.82, 2.24) is 19.7 Å². The lowest BCUT2D eigenvalue weighted by molar-refractivity contribution is 0.486. The Morgan fingerprint density at radius 1 is 1.38 bits per heavy atom. The maximum Gasteiger partial charge on any atom is 0.222 e. The lowest BCUT2D eigenvalue weighted by atomic mass is 10.1. The monoisotopic (exact) mass is 297 g/mol. The zero-order chi connectivity index (χ0) is 14.2. The van der Waals surface area contributed by atoms with E-state index >= 15 is 0 Å². The summed E-state index contributed by atoms with van der Waals surface area (Å²) < 4.78 is 2.02. The molecule has 5 nitrogen and oxygen atoms in total. The summed E-state index contributed by atoms with van der Waals surface area (Å²) in [4.78, 5) is 10.1. The Morgan fingerprint density at radius 2 is 2.33 bits per heavy atom. The van der Waals surface area contributed by atoms with Crippen molar-refractivity contribution in [2.45, 2.75) is 19.4 Å². The SMILES string of the molecule is Cc1ccsc1C1CCNc2nc(-c3cccnc3)nn21. The summed E-state index contributed by atoms with van der Waals surface area (Å²) in [6.07, 6.45) is 4.59. The van der Waals surface area contributed by atoms with Gasteiger partial charge in [-0.3, -0.25) is 4.98 Å². The third kappa shape index (κ3) is 2.12. The highest BCUT2D eigenvalue weighted by Gasteiger charge is 2.26. The van der Waals surface area contributed by atoms with E-state index in [1.165, 1.54) is 10.4 Å². The number of fused-ring (bicyclic) bond motifs is 1. The van der Waals surface area contributed by atoms with Crippen LogP contribution in [0.2, 0.25) is 0 Å². The van der Waals surface area contributed by atoms with E-state index in [2.05, 4.69) is 33.7 Å². The molecule has 3 aromatic rings. The van der Waals surface area contributed by atoms with E-state index in [0.29, 0.717) is 0 Å². The molecule has 1 aliphatic heterocycles. The number of nitrogens with one attached hydrogen (secondary N) is 1. The third-order valence-corrected chi connectivity index (χ3v) is 4.87. The molecule has 1 atom stereocenters. The second kappa shape index (κ2) is 4.96. The summed E-state index contributed by atoms with van der Waals surface area (Å²) >= 11 is 1.80. The van der Waals surface area contributed by atoms with Crippen molar-refractivity contribution in [1.29, 1.82) is 0 Å². The largest absolute Gasteiger partial charge is 0.354 e. The first kappa shape index (κ1) is 12.5. The van der Waals surface area contributed by atoms with Crippen LogP contribution in [0.1, 0.15) is 22.9 Å². The highest BCUT2D eigenvalue weighted by molar-refractivity contribution is 7.10. The van der Waals surface area contributed by atoms with E-state index in [1.54, 1.807) is 23.7 Å². The fourth-order valence-corrected chi connectivity index (χ4v) is 3.74. The second-order valence-electron chi connectivity index (χ2n) is 5.14. The number of aryl methyl sites for hydroxylation is 1. The zero-order valence-corrected chi connectivity index (χ0v) is 12.5. The van der Waals surface area contributed by atoms with Crippen molar-refractivity contribution in [2.24, 2.45) is 0 Å². The van der Waals surface area contributed by atoms with Gasteiger partial charge in [-0.15, -0.1) is 16.4 Å². The molecule has 0 saturated heterocycles. The molecule has 1 unspecified atom stereocenters. The third-order valence-electron chi connectivity index (χ3n) is 3.75. The normalized spacial score (nSPS) is 17.3. The summed E-state index contributed by atoms with van der Waals surface area (Å²) in [5.41, 5.74) is 2.28. The van der Waals surface area contributed by atoms with Gasteiger partial charge in [0.15, 0.2) is 5.82 Å². The van der Waals surface area contributed by atoms with Gasteiger partial charge in [0, 0.05) is 29.4 Å². The van der Waals surface area contributed by atoms with Crippen molar-refractivity contribution in [3.8, 4) is 11.4 Å². The van der Waals surface area contributed by atoms with Crippen molar-refractivity contribution >= 4 is 17.3 Å². The quantitative estimate of drug-likeness (QED) is 0.789. The molecule has 4 heterocycles. The van der Waals surface area contributed by atoms with Crippen LogP contribution in [0.15, 0.2) is 36.0 Å². The molecule has 0 amide bonds. The van der Waals surface area contributed by atoms with Gasteiger partial charge in [-0.05, 0) is 42.5 Å². The summed E-state index contributed by atoms with van der Waals surface area (Å²) in [6, 6.07) is 6.34. The first-order valence-electron chi connectivity index (χ1n) is 6.98. The van der Waals surface area contributed by atoms with Gasteiger partial charge < -0.3 is 5.32 Å². The number of pyridine rings is 1. The molecule has 0 radical (unpaired) electrons. The van der Waals surface area contributed by atoms with Crippen LogP contribution >= 0.6 is 11.3 Å². The summed E-state index contributed by atoms with van der Waals surface area (Å²) in [7, 11) is 0. The number of aromatic nitrogens is 4. The molecule has 1 N–H and O–H groups in total.